The zero-order valence-electron chi connectivity index (χ0n) is 16.2. The number of amides is 2. The smallest absolute Gasteiger partial charge is 0.261 e. The first kappa shape index (κ1) is 18.9. The molecule has 1 saturated heterocycles. The number of ketones is 1. The van der Waals surface area contributed by atoms with Gasteiger partial charge in [-0.1, -0.05) is 36.4 Å². The van der Waals surface area contributed by atoms with Crippen molar-refractivity contribution in [3.8, 4) is 6.07 Å². The monoisotopic (exact) mass is 387 g/mol. The average Bonchev–Trinajstić information content (AvgIpc) is 3.02. The van der Waals surface area contributed by atoms with E-state index in [9.17, 15) is 19.6 Å². The molecule has 0 spiro atoms. The number of rotatable bonds is 4. The molecular formula is C23H21N3O3. The molecule has 2 amide bonds. The number of carbonyl (C=O) groups is 3. The van der Waals surface area contributed by atoms with Crippen LogP contribution in [0.4, 0.5) is 5.69 Å². The maximum Gasteiger partial charge on any atom is 0.261 e. The number of nitrogens with one attached hydrogen (secondary N) is 1. The molecule has 0 saturated carbocycles. The van der Waals surface area contributed by atoms with Crippen molar-refractivity contribution < 1.29 is 14.4 Å². The number of piperidine rings is 1. The lowest BCUT2D eigenvalue weighted by molar-refractivity contribution is -0.116. The first-order chi connectivity index (χ1) is 13.9. The van der Waals surface area contributed by atoms with Gasteiger partial charge in [-0.05, 0) is 37.0 Å². The van der Waals surface area contributed by atoms with Crippen molar-refractivity contribution in [2.24, 2.45) is 0 Å². The lowest BCUT2D eigenvalue weighted by atomic mass is 9.74. The molecule has 0 unspecified atom stereocenters. The van der Waals surface area contributed by atoms with Crippen LogP contribution in [0.25, 0.3) is 0 Å². The molecule has 29 heavy (non-hydrogen) atoms. The third kappa shape index (κ3) is 3.19. The van der Waals surface area contributed by atoms with Gasteiger partial charge in [0.2, 0.25) is 0 Å². The van der Waals surface area contributed by atoms with E-state index >= 15 is 0 Å². The summed E-state index contributed by atoms with van der Waals surface area (Å²) in [5.74, 6) is -0.845. The van der Waals surface area contributed by atoms with Crippen LogP contribution in [0.2, 0.25) is 0 Å². The van der Waals surface area contributed by atoms with Crippen LogP contribution in [-0.2, 0) is 16.6 Å². The molecule has 2 aliphatic rings. The van der Waals surface area contributed by atoms with Crippen LogP contribution in [0.5, 0.6) is 0 Å². The highest BCUT2D eigenvalue weighted by Crippen LogP contribution is 2.39. The van der Waals surface area contributed by atoms with E-state index in [4.69, 9.17) is 0 Å². The van der Waals surface area contributed by atoms with Crippen LogP contribution in [-0.4, -0.2) is 30.7 Å². The van der Waals surface area contributed by atoms with E-state index in [1.165, 1.54) is 6.92 Å². The highest BCUT2D eigenvalue weighted by atomic mass is 16.2. The van der Waals surface area contributed by atoms with E-state index in [1.807, 2.05) is 35.2 Å². The topological polar surface area (TPSA) is 90.3 Å². The Bertz CT molecular complexity index is 1050. The van der Waals surface area contributed by atoms with Crippen molar-refractivity contribution in [2.75, 3.05) is 18.0 Å². The Labute approximate surface area is 169 Å². The minimum Gasteiger partial charge on any atom is -0.370 e. The third-order valence-electron chi connectivity index (χ3n) is 5.87. The summed E-state index contributed by atoms with van der Waals surface area (Å²) in [5, 5.41) is 12.3. The summed E-state index contributed by atoms with van der Waals surface area (Å²) < 4.78 is 0. The Morgan fingerprint density at radius 3 is 2.41 bits per heavy atom. The van der Waals surface area contributed by atoms with Gasteiger partial charge >= 0.3 is 0 Å². The normalized spacial score (nSPS) is 17.4. The Balaban J connectivity index is 1.71. The number of anilines is 1. The molecule has 2 aromatic carbocycles. The molecule has 2 aliphatic heterocycles. The van der Waals surface area contributed by atoms with Crippen LogP contribution in [0.15, 0.2) is 42.5 Å². The fourth-order valence-electron chi connectivity index (χ4n) is 4.39. The summed E-state index contributed by atoms with van der Waals surface area (Å²) in [4.78, 5) is 38.5. The van der Waals surface area contributed by atoms with E-state index in [0.29, 0.717) is 42.7 Å². The van der Waals surface area contributed by atoms with E-state index in [-0.39, 0.29) is 12.2 Å². The highest BCUT2D eigenvalue weighted by molar-refractivity contribution is 6.24. The maximum absolute atomic E-state index is 12.5. The second kappa shape index (κ2) is 7.17. The zero-order valence-corrected chi connectivity index (χ0v) is 16.2. The van der Waals surface area contributed by atoms with Gasteiger partial charge in [0, 0.05) is 19.5 Å². The minimum atomic E-state index is -0.575. The van der Waals surface area contributed by atoms with Crippen LogP contribution in [0.1, 0.15) is 51.6 Å². The van der Waals surface area contributed by atoms with E-state index in [1.54, 1.807) is 12.1 Å². The van der Waals surface area contributed by atoms with Gasteiger partial charge in [0.05, 0.1) is 28.3 Å². The van der Waals surface area contributed by atoms with E-state index < -0.39 is 17.2 Å². The Morgan fingerprint density at radius 2 is 1.79 bits per heavy atom. The zero-order chi connectivity index (χ0) is 20.6. The molecule has 0 aliphatic carbocycles. The number of imide groups is 1. The van der Waals surface area contributed by atoms with Crippen LogP contribution in [0, 0.1) is 11.3 Å². The van der Waals surface area contributed by atoms with Crippen LogP contribution >= 0.6 is 0 Å². The molecule has 0 bridgehead atoms. The van der Waals surface area contributed by atoms with Crippen molar-refractivity contribution >= 4 is 23.3 Å². The number of hydrogen-bond donors (Lipinski definition) is 1. The van der Waals surface area contributed by atoms with Crippen molar-refractivity contribution in [3.05, 3.63) is 64.7 Å². The fourth-order valence-corrected chi connectivity index (χ4v) is 4.39. The number of carbonyl (C=O) groups excluding carboxylic acids is 3. The molecule has 146 valence electrons. The minimum absolute atomic E-state index is 0.0106. The molecular weight excluding hydrogens is 366 g/mol. The number of fused-ring (bicyclic) bond motifs is 1. The summed E-state index contributed by atoms with van der Waals surface area (Å²) in [6.45, 7) is 2.63. The number of nitriles is 1. The predicted molar refractivity (Wildman–Crippen MR) is 108 cm³/mol. The maximum atomic E-state index is 12.5. The van der Waals surface area contributed by atoms with Gasteiger partial charge < -0.3 is 4.90 Å². The summed E-state index contributed by atoms with van der Waals surface area (Å²) in [5.41, 5.74) is 2.51. The van der Waals surface area contributed by atoms with Crippen molar-refractivity contribution in [1.29, 1.82) is 5.26 Å². The summed E-state index contributed by atoms with van der Waals surface area (Å²) in [7, 11) is 0. The SMILES string of the molecule is CC(=O)Cc1ccc2c(c1N1CCC(C#N)(c3ccccc3)CC1)C(=O)NC2=O. The molecule has 1 N–H and O–H groups in total. The van der Waals surface area contributed by atoms with Gasteiger partial charge in [-0.25, -0.2) is 0 Å². The second-order valence-corrected chi connectivity index (χ2v) is 7.70. The van der Waals surface area contributed by atoms with Crippen LogP contribution in [0.3, 0.4) is 0 Å². The molecule has 1 fully saturated rings. The number of benzene rings is 2. The van der Waals surface area contributed by atoms with E-state index in [0.717, 1.165) is 11.1 Å². The second-order valence-electron chi connectivity index (χ2n) is 7.70. The quantitative estimate of drug-likeness (QED) is 0.815. The molecule has 0 atom stereocenters. The lowest BCUT2D eigenvalue weighted by Crippen LogP contribution is -2.43. The first-order valence-corrected chi connectivity index (χ1v) is 9.68. The summed E-state index contributed by atoms with van der Waals surface area (Å²) in [6, 6.07) is 15.6. The number of hydrogen-bond acceptors (Lipinski definition) is 5. The van der Waals surface area contributed by atoms with Crippen molar-refractivity contribution in [1.82, 2.24) is 5.32 Å². The van der Waals surface area contributed by atoms with Gasteiger partial charge in [0.15, 0.2) is 0 Å². The van der Waals surface area contributed by atoms with Gasteiger partial charge in [-0.2, -0.15) is 5.26 Å². The molecule has 6 nitrogen and oxygen atoms in total. The van der Waals surface area contributed by atoms with Gasteiger partial charge in [0.1, 0.15) is 5.78 Å². The number of nitrogens with zero attached hydrogens (tertiary/aromatic N) is 2. The standard InChI is InChI=1S/C23H21N3O3/c1-15(27)13-16-7-8-18-19(22(29)25-21(18)28)20(16)26-11-9-23(14-24,10-12-26)17-5-3-2-4-6-17/h2-8H,9-13H2,1H3,(H,25,28,29). The Morgan fingerprint density at radius 1 is 1.10 bits per heavy atom. The summed E-state index contributed by atoms with van der Waals surface area (Å²) in [6.07, 6.45) is 1.40. The highest BCUT2D eigenvalue weighted by Gasteiger charge is 2.39. The fraction of sp³-hybridized carbons (Fsp3) is 0.304. The van der Waals surface area contributed by atoms with Gasteiger partial charge in [0.25, 0.3) is 11.8 Å². The Kier molecular flexibility index (Phi) is 4.67. The molecule has 4 rings (SSSR count). The largest absolute Gasteiger partial charge is 0.370 e. The van der Waals surface area contributed by atoms with Crippen LogP contribution < -0.4 is 10.2 Å². The predicted octanol–water partition coefficient (Wildman–Crippen LogP) is 2.76. The first-order valence-electron chi connectivity index (χ1n) is 9.68. The molecule has 2 heterocycles. The third-order valence-corrected chi connectivity index (χ3v) is 5.87. The average molecular weight is 387 g/mol. The van der Waals surface area contributed by atoms with Gasteiger partial charge in [-0.3, -0.25) is 19.7 Å². The van der Waals surface area contributed by atoms with E-state index in [2.05, 4.69) is 11.4 Å². The molecule has 0 aromatic heterocycles. The Hall–Kier alpha value is -3.46. The molecule has 0 radical (unpaired) electrons. The van der Waals surface area contributed by atoms with Crippen molar-refractivity contribution in [2.45, 2.75) is 31.6 Å². The lowest BCUT2D eigenvalue weighted by Gasteiger charge is -2.40. The summed E-state index contributed by atoms with van der Waals surface area (Å²) >= 11 is 0. The molecule has 2 aromatic rings. The molecule has 6 heteroatoms. The van der Waals surface area contributed by atoms with Gasteiger partial charge in [-0.15, -0.1) is 0 Å². The van der Waals surface area contributed by atoms with Crippen molar-refractivity contribution in [3.63, 3.8) is 0 Å². The number of Topliss-reactive ketones (excluding diaryl/α,β-unsaturated/α-hetero) is 1.